The Kier molecular flexibility index (Phi) is 10.8. The number of nitrogens with one attached hydrogen (secondary N) is 2. The first-order chi connectivity index (χ1) is 15.7. The molecule has 2 N–H and O–H groups in total. The number of carbonyl (C=O) groups is 3. The molecule has 1 aromatic rings. The second-order valence-electron chi connectivity index (χ2n) is 9.49. The van der Waals surface area contributed by atoms with Crippen molar-refractivity contribution >= 4 is 17.8 Å². The van der Waals surface area contributed by atoms with Crippen molar-refractivity contribution in [1.82, 2.24) is 15.7 Å². The van der Waals surface area contributed by atoms with Gasteiger partial charge in [-0.15, -0.1) is 0 Å². The molecular weight excluding hydrogens is 422 g/mol. The number of hydrogen-bond donors (Lipinski definition) is 2. The van der Waals surface area contributed by atoms with E-state index >= 15 is 0 Å². The Morgan fingerprint density at radius 2 is 1.91 bits per heavy atom. The van der Waals surface area contributed by atoms with Gasteiger partial charge in [-0.25, -0.2) is 10.3 Å². The zero-order valence-corrected chi connectivity index (χ0v) is 20.4. The molecule has 0 spiro atoms. The molecule has 8 heteroatoms. The van der Waals surface area contributed by atoms with E-state index in [4.69, 9.17) is 9.57 Å². The van der Waals surface area contributed by atoms with Crippen LogP contribution in [0.2, 0.25) is 0 Å². The lowest BCUT2D eigenvalue weighted by Crippen LogP contribution is -2.59. The maximum Gasteiger partial charge on any atom is 0.410 e. The standard InChI is InChI=1S/C25H39N3O5/c1-5-6-8-13-20(16-22(29)27-32-18-19-11-9-7-10-12-19)23(30)21-17-26-14-15-28(21)24(31)33-25(2,3)4/h7,9-12,20-21,26H,5-6,8,13-18H2,1-4H3,(H,27,29)/t20-,21-/m1/s1. The van der Waals surface area contributed by atoms with Gasteiger partial charge in [0.05, 0.1) is 6.61 Å². The molecule has 0 aromatic heterocycles. The van der Waals surface area contributed by atoms with Crippen LogP contribution < -0.4 is 10.8 Å². The topological polar surface area (TPSA) is 97.0 Å². The van der Waals surface area contributed by atoms with E-state index in [2.05, 4.69) is 17.7 Å². The first kappa shape index (κ1) is 26.8. The van der Waals surface area contributed by atoms with E-state index in [9.17, 15) is 14.4 Å². The number of carbonyl (C=O) groups excluding carboxylic acids is 3. The number of unbranched alkanes of at least 4 members (excludes halogenated alkanes) is 2. The predicted octanol–water partition coefficient (Wildman–Crippen LogP) is 3.60. The fourth-order valence-corrected chi connectivity index (χ4v) is 3.79. The number of hydrogen-bond acceptors (Lipinski definition) is 6. The normalized spacial score (nSPS) is 17.3. The largest absolute Gasteiger partial charge is 0.444 e. The molecule has 1 aliphatic heterocycles. The highest BCUT2D eigenvalue weighted by Gasteiger charge is 2.38. The molecule has 1 heterocycles. The summed E-state index contributed by atoms with van der Waals surface area (Å²) in [5.74, 6) is -0.942. The maximum absolute atomic E-state index is 13.5. The predicted molar refractivity (Wildman–Crippen MR) is 126 cm³/mol. The minimum Gasteiger partial charge on any atom is -0.444 e. The van der Waals surface area contributed by atoms with Crippen molar-refractivity contribution < 1.29 is 24.0 Å². The van der Waals surface area contributed by atoms with Crippen molar-refractivity contribution in [3.05, 3.63) is 35.9 Å². The van der Waals surface area contributed by atoms with Crippen molar-refractivity contribution in [3.63, 3.8) is 0 Å². The second kappa shape index (κ2) is 13.3. The van der Waals surface area contributed by atoms with Gasteiger partial charge in [0.1, 0.15) is 11.6 Å². The van der Waals surface area contributed by atoms with Gasteiger partial charge in [-0.05, 0) is 32.8 Å². The lowest BCUT2D eigenvalue weighted by molar-refractivity contribution is -0.139. The van der Waals surface area contributed by atoms with Crippen LogP contribution in [0.3, 0.4) is 0 Å². The Hall–Kier alpha value is -2.45. The van der Waals surface area contributed by atoms with Crippen LogP contribution in [0.4, 0.5) is 4.79 Å². The van der Waals surface area contributed by atoms with Gasteiger partial charge in [0.15, 0.2) is 5.78 Å². The second-order valence-corrected chi connectivity index (χ2v) is 9.49. The zero-order valence-electron chi connectivity index (χ0n) is 20.4. The van der Waals surface area contributed by atoms with Gasteiger partial charge < -0.3 is 10.1 Å². The van der Waals surface area contributed by atoms with Gasteiger partial charge in [0.2, 0.25) is 5.91 Å². The fraction of sp³-hybridized carbons (Fsp3) is 0.640. The molecule has 184 valence electrons. The number of benzene rings is 1. The number of nitrogens with zero attached hydrogens (tertiary/aromatic N) is 1. The molecule has 0 saturated carbocycles. The number of piperazine rings is 1. The molecule has 1 aromatic carbocycles. The number of Topliss-reactive ketones (excluding diaryl/α,β-unsaturated/α-hetero) is 1. The van der Waals surface area contributed by atoms with Crippen LogP contribution >= 0.6 is 0 Å². The number of ether oxygens (including phenoxy) is 1. The summed E-state index contributed by atoms with van der Waals surface area (Å²) in [6, 6.07) is 8.87. The Bertz CT molecular complexity index is 763. The van der Waals surface area contributed by atoms with Crippen LogP contribution in [-0.2, 0) is 25.8 Å². The average Bonchev–Trinajstić information content (AvgIpc) is 2.77. The van der Waals surface area contributed by atoms with Crippen LogP contribution in [0, 0.1) is 5.92 Å². The van der Waals surface area contributed by atoms with Gasteiger partial charge >= 0.3 is 6.09 Å². The van der Waals surface area contributed by atoms with Gasteiger partial charge in [-0.3, -0.25) is 19.3 Å². The van der Waals surface area contributed by atoms with E-state index in [1.807, 2.05) is 30.3 Å². The third kappa shape index (κ3) is 9.52. The highest BCUT2D eigenvalue weighted by atomic mass is 16.6. The van der Waals surface area contributed by atoms with Crippen molar-refractivity contribution in [2.24, 2.45) is 5.92 Å². The molecule has 2 atom stereocenters. The lowest BCUT2D eigenvalue weighted by atomic mass is 9.88. The Balaban J connectivity index is 2.01. The molecule has 0 bridgehead atoms. The first-order valence-electron chi connectivity index (χ1n) is 11.9. The maximum atomic E-state index is 13.5. The highest BCUT2D eigenvalue weighted by molar-refractivity contribution is 5.92. The summed E-state index contributed by atoms with van der Waals surface area (Å²) in [5, 5.41) is 3.20. The van der Waals surface area contributed by atoms with Crippen molar-refractivity contribution in [2.45, 2.75) is 78.0 Å². The van der Waals surface area contributed by atoms with Crippen LogP contribution in [0.15, 0.2) is 30.3 Å². The molecule has 2 rings (SSSR count). The summed E-state index contributed by atoms with van der Waals surface area (Å²) < 4.78 is 5.52. The van der Waals surface area contributed by atoms with Crippen LogP contribution in [-0.4, -0.2) is 54.0 Å². The van der Waals surface area contributed by atoms with Crippen LogP contribution in [0.1, 0.15) is 65.4 Å². The summed E-state index contributed by atoms with van der Waals surface area (Å²) in [6.07, 6.45) is 2.97. The Morgan fingerprint density at radius 3 is 2.58 bits per heavy atom. The first-order valence-corrected chi connectivity index (χ1v) is 11.9. The number of ketones is 1. The lowest BCUT2D eigenvalue weighted by Gasteiger charge is -2.37. The van der Waals surface area contributed by atoms with E-state index in [0.29, 0.717) is 26.1 Å². The highest BCUT2D eigenvalue weighted by Crippen LogP contribution is 2.22. The van der Waals surface area contributed by atoms with Crippen molar-refractivity contribution in [3.8, 4) is 0 Å². The number of rotatable bonds is 11. The van der Waals surface area contributed by atoms with Crippen LogP contribution in [0.25, 0.3) is 0 Å². The van der Waals surface area contributed by atoms with Gasteiger partial charge in [-0.1, -0.05) is 56.5 Å². The fourth-order valence-electron chi connectivity index (χ4n) is 3.79. The minimum absolute atomic E-state index is 0.0238. The van der Waals surface area contributed by atoms with Crippen molar-refractivity contribution in [1.29, 1.82) is 0 Å². The summed E-state index contributed by atoms with van der Waals surface area (Å²) >= 11 is 0. The van der Waals surface area contributed by atoms with E-state index in [-0.39, 0.29) is 24.7 Å². The Morgan fingerprint density at radius 1 is 1.18 bits per heavy atom. The third-order valence-corrected chi connectivity index (χ3v) is 5.46. The summed E-state index contributed by atoms with van der Waals surface area (Å²) in [7, 11) is 0. The third-order valence-electron chi connectivity index (χ3n) is 5.46. The SMILES string of the molecule is CCCCC[C@H](CC(=O)NOCc1ccccc1)C(=O)[C@H]1CNCCN1C(=O)OC(C)(C)C. The molecule has 0 unspecified atom stereocenters. The molecule has 0 radical (unpaired) electrons. The Labute approximate surface area is 197 Å². The van der Waals surface area contributed by atoms with E-state index < -0.39 is 23.7 Å². The molecular formula is C25H39N3O5. The van der Waals surface area contributed by atoms with E-state index in [1.54, 1.807) is 20.8 Å². The molecule has 1 aliphatic rings. The summed E-state index contributed by atoms with van der Waals surface area (Å²) in [5.41, 5.74) is 2.76. The van der Waals surface area contributed by atoms with Crippen molar-refractivity contribution in [2.75, 3.05) is 19.6 Å². The quantitative estimate of drug-likeness (QED) is 0.386. The molecule has 33 heavy (non-hydrogen) atoms. The zero-order chi connectivity index (χ0) is 24.3. The number of hydroxylamine groups is 1. The molecule has 1 saturated heterocycles. The van der Waals surface area contributed by atoms with E-state index in [1.165, 1.54) is 4.90 Å². The summed E-state index contributed by atoms with van der Waals surface area (Å²) in [6.45, 7) is 9.09. The van der Waals surface area contributed by atoms with E-state index in [0.717, 1.165) is 24.8 Å². The molecule has 8 nitrogen and oxygen atoms in total. The molecule has 1 fully saturated rings. The molecule has 0 aliphatic carbocycles. The average molecular weight is 462 g/mol. The number of amides is 2. The monoisotopic (exact) mass is 461 g/mol. The minimum atomic E-state index is -0.654. The smallest absolute Gasteiger partial charge is 0.410 e. The van der Waals surface area contributed by atoms with Crippen LogP contribution in [0.5, 0.6) is 0 Å². The van der Waals surface area contributed by atoms with Gasteiger partial charge in [0, 0.05) is 32.0 Å². The van der Waals surface area contributed by atoms with Gasteiger partial charge in [0.25, 0.3) is 0 Å². The molecule has 2 amide bonds. The van der Waals surface area contributed by atoms with Gasteiger partial charge in [-0.2, -0.15) is 0 Å². The summed E-state index contributed by atoms with van der Waals surface area (Å²) in [4.78, 5) is 45.6.